The van der Waals surface area contributed by atoms with Crippen molar-refractivity contribution >= 4 is 48.2 Å². The highest BCUT2D eigenvalue weighted by Crippen LogP contribution is 2.37. The second-order valence-corrected chi connectivity index (χ2v) is 10.2. The van der Waals surface area contributed by atoms with E-state index in [4.69, 9.17) is 4.98 Å². The number of halogens is 1. The molecule has 174 valence electrons. The molecule has 0 aliphatic carbocycles. The third-order valence-corrected chi connectivity index (χ3v) is 7.89. The van der Waals surface area contributed by atoms with Crippen LogP contribution >= 0.6 is 15.9 Å². The SMILES string of the molecule is Brc1ccccc1-c1ccc(-c2cc(-c3ccc4c5ccccc5c5ccccc5c4c3)ccn2)cc1. The summed E-state index contributed by atoms with van der Waals surface area (Å²) < 4.78 is 1.10. The fraction of sp³-hybridized carbons (Fsp3) is 0. The molecule has 0 amide bonds. The molecule has 1 aromatic heterocycles. The van der Waals surface area contributed by atoms with Crippen LogP contribution in [-0.4, -0.2) is 4.98 Å². The number of benzene rings is 6. The second-order valence-electron chi connectivity index (χ2n) is 9.34. The first kappa shape index (κ1) is 22.0. The van der Waals surface area contributed by atoms with Crippen molar-refractivity contribution in [2.45, 2.75) is 0 Å². The molecule has 2 heteroatoms. The van der Waals surface area contributed by atoms with E-state index in [1.165, 1.54) is 54.6 Å². The van der Waals surface area contributed by atoms with Gasteiger partial charge in [0.1, 0.15) is 0 Å². The molecule has 0 aliphatic heterocycles. The molecular weight excluding hydrogens is 514 g/mol. The Morgan fingerprint density at radius 2 is 0.919 bits per heavy atom. The van der Waals surface area contributed by atoms with Crippen LogP contribution in [0.3, 0.4) is 0 Å². The van der Waals surface area contributed by atoms with Crippen molar-refractivity contribution in [2.75, 3.05) is 0 Å². The van der Waals surface area contributed by atoms with Crippen molar-refractivity contribution in [1.82, 2.24) is 4.98 Å². The number of hydrogen-bond acceptors (Lipinski definition) is 1. The van der Waals surface area contributed by atoms with Gasteiger partial charge in [-0.25, -0.2) is 0 Å². The average molecular weight is 536 g/mol. The molecule has 0 fully saturated rings. The fourth-order valence-corrected chi connectivity index (χ4v) is 5.88. The number of pyridine rings is 1. The lowest BCUT2D eigenvalue weighted by molar-refractivity contribution is 1.33. The highest BCUT2D eigenvalue weighted by Gasteiger charge is 2.10. The van der Waals surface area contributed by atoms with Crippen molar-refractivity contribution in [2.24, 2.45) is 0 Å². The van der Waals surface area contributed by atoms with Gasteiger partial charge >= 0.3 is 0 Å². The van der Waals surface area contributed by atoms with Gasteiger partial charge in [-0.05, 0) is 78.8 Å². The molecule has 0 N–H and O–H groups in total. The molecule has 1 heterocycles. The van der Waals surface area contributed by atoms with Gasteiger partial charge in [0, 0.05) is 16.2 Å². The normalized spacial score (nSPS) is 11.4. The maximum atomic E-state index is 4.70. The van der Waals surface area contributed by atoms with E-state index >= 15 is 0 Å². The summed E-state index contributed by atoms with van der Waals surface area (Å²) in [5.41, 5.74) is 6.81. The standard InChI is InChI=1S/C35H22BrN/c36-34-12-6-5-7-27(34)23-13-15-24(16-14-23)35-22-26(19-20-37-35)25-17-18-32-30-10-2-1-8-28(30)29-9-3-4-11-31(29)33(32)21-25/h1-22H. The minimum Gasteiger partial charge on any atom is -0.256 e. The molecule has 0 atom stereocenters. The van der Waals surface area contributed by atoms with Crippen LogP contribution in [0.2, 0.25) is 0 Å². The minimum absolute atomic E-state index is 0.972. The van der Waals surface area contributed by atoms with Crippen LogP contribution in [0.15, 0.2) is 138 Å². The van der Waals surface area contributed by atoms with Gasteiger partial charge in [0.25, 0.3) is 0 Å². The Balaban J connectivity index is 1.33. The van der Waals surface area contributed by atoms with Gasteiger partial charge in [-0.1, -0.05) is 119 Å². The number of fused-ring (bicyclic) bond motifs is 6. The monoisotopic (exact) mass is 535 g/mol. The van der Waals surface area contributed by atoms with Crippen molar-refractivity contribution in [3.05, 3.63) is 138 Å². The molecule has 0 bridgehead atoms. The first-order valence-corrected chi connectivity index (χ1v) is 13.2. The first-order valence-electron chi connectivity index (χ1n) is 12.4. The summed E-state index contributed by atoms with van der Waals surface area (Å²) in [7, 11) is 0. The Labute approximate surface area is 224 Å². The van der Waals surface area contributed by atoms with E-state index in [-0.39, 0.29) is 0 Å². The summed E-state index contributed by atoms with van der Waals surface area (Å²) in [5.74, 6) is 0. The van der Waals surface area contributed by atoms with E-state index in [9.17, 15) is 0 Å². The van der Waals surface area contributed by atoms with Gasteiger partial charge in [-0.2, -0.15) is 0 Å². The fourth-order valence-electron chi connectivity index (χ4n) is 5.37. The predicted molar refractivity (Wildman–Crippen MR) is 161 cm³/mol. The van der Waals surface area contributed by atoms with Gasteiger partial charge < -0.3 is 0 Å². The Bertz CT molecular complexity index is 1900. The topological polar surface area (TPSA) is 12.9 Å². The third-order valence-electron chi connectivity index (χ3n) is 7.20. The van der Waals surface area contributed by atoms with Crippen LogP contribution in [0, 0.1) is 0 Å². The summed E-state index contributed by atoms with van der Waals surface area (Å²) in [4.78, 5) is 4.70. The highest BCUT2D eigenvalue weighted by molar-refractivity contribution is 9.10. The molecular formula is C35H22BrN. The van der Waals surface area contributed by atoms with E-state index < -0.39 is 0 Å². The third kappa shape index (κ3) is 3.82. The van der Waals surface area contributed by atoms with Crippen molar-refractivity contribution in [3.63, 3.8) is 0 Å². The van der Waals surface area contributed by atoms with E-state index in [0.29, 0.717) is 0 Å². The van der Waals surface area contributed by atoms with Crippen LogP contribution in [0.25, 0.3) is 65.8 Å². The molecule has 0 unspecified atom stereocenters. The lowest BCUT2D eigenvalue weighted by Gasteiger charge is -2.12. The molecule has 7 aromatic rings. The zero-order valence-corrected chi connectivity index (χ0v) is 21.6. The summed E-state index contributed by atoms with van der Waals surface area (Å²) in [6.45, 7) is 0. The number of rotatable bonds is 3. The molecule has 37 heavy (non-hydrogen) atoms. The Kier molecular flexibility index (Phi) is 5.34. The van der Waals surface area contributed by atoms with E-state index in [2.05, 4.69) is 137 Å². The minimum atomic E-state index is 0.972. The van der Waals surface area contributed by atoms with Crippen LogP contribution in [0.1, 0.15) is 0 Å². The largest absolute Gasteiger partial charge is 0.256 e. The van der Waals surface area contributed by atoms with Gasteiger partial charge in [0.05, 0.1) is 5.69 Å². The highest BCUT2D eigenvalue weighted by atomic mass is 79.9. The maximum Gasteiger partial charge on any atom is 0.0708 e. The van der Waals surface area contributed by atoms with E-state index in [1.807, 2.05) is 12.3 Å². The average Bonchev–Trinajstić information content (AvgIpc) is 2.97. The zero-order valence-electron chi connectivity index (χ0n) is 20.0. The molecule has 7 rings (SSSR count). The summed E-state index contributed by atoms with van der Waals surface area (Å²) in [6.07, 6.45) is 1.91. The quantitative estimate of drug-likeness (QED) is 0.205. The lowest BCUT2D eigenvalue weighted by Crippen LogP contribution is -1.88. The Morgan fingerprint density at radius 3 is 1.59 bits per heavy atom. The Morgan fingerprint density at radius 1 is 0.405 bits per heavy atom. The number of aromatic nitrogens is 1. The molecule has 0 spiro atoms. The molecule has 0 saturated carbocycles. The smallest absolute Gasteiger partial charge is 0.0708 e. The summed E-state index contributed by atoms with van der Waals surface area (Å²) in [6, 6.07) is 45.5. The first-order chi connectivity index (χ1) is 18.3. The van der Waals surface area contributed by atoms with Gasteiger partial charge in [0.15, 0.2) is 0 Å². The summed E-state index contributed by atoms with van der Waals surface area (Å²) in [5, 5.41) is 7.75. The molecule has 0 saturated heterocycles. The Hall–Kier alpha value is -4.27. The van der Waals surface area contributed by atoms with Crippen LogP contribution in [-0.2, 0) is 0 Å². The van der Waals surface area contributed by atoms with Gasteiger partial charge in [0.2, 0.25) is 0 Å². The zero-order chi connectivity index (χ0) is 24.8. The van der Waals surface area contributed by atoms with E-state index in [1.54, 1.807) is 0 Å². The molecule has 6 aromatic carbocycles. The summed E-state index contributed by atoms with van der Waals surface area (Å²) >= 11 is 3.66. The van der Waals surface area contributed by atoms with Crippen molar-refractivity contribution < 1.29 is 0 Å². The van der Waals surface area contributed by atoms with Crippen molar-refractivity contribution in [3.8, 4) is 33.5 Å². The van der Waals surface area contributed by atoms with Crippen LogP contribution < -0.4 is 0 Å². The molecule has 0 aliphatic rings. The molecule has 0 radical (unpaired) electrons. The predicted octanol–water partition coefficient (Wildman–Crippen LogP) is 10.3. The van der Waals surface area contributed by atoms with Gasteiger partial charge in [-0.15, -0.1) is 0 Å². The molecule has 1 nitrogen and oxygen atoms in total. The van der Waals surface area contributed by atoms with Crippen molar-refractivity contribution in [1.29, 1.82) is 0 Å². The van der Waals surface area contributed by atoms with Crippen LogP contribution in [0.4, 0.5) is 0 Å². The number of hydrogen-bond donors (Lipinski definition) is 0. The number of nitrogens with zero attached hydrogens (tertiary/aromatic N) is 1. The lowest BCUT2D eigenvalue weighted by atomic mass is 9.92. The van der Waals surface area contributed by atoms with Crippen LogP contribution in [0.5, 0.6) is 0 Å². The maximum absolute atomic E-state index is 4.70. The second kappa shape index (κ2) is 8.99. The van der Waals surface area contributed by atoms with Gasteiger partial charge in [-0.3, -0.25) is 4.98 Å². The van der Waals surface area contributed by atoms with E-state index in [0.717, 1.165) is 15.7 Å².